The standard InChI is InChI=1S/C18H19N3O4S/c1-2-3-14-6-10-17(11-7-14)26(23,24)21-20-18(22)13-25-16-8-4-15(12-19)5-9-16/h4-11,21H,2-3,13H2,1H3,(H,20,22). The van der Waals surface area contributed by atoms with E-state index in [2.05, 4.69) is 5.43 Å². The number of hydrogen-bond donors (Lipinski definition) is 2. The molecule has 0 heterocycles. The van der Waals surface area contributed by atoms with Crippen LogP contribution in [0.1, 0.15) is 24.5 Å². The van der Waals surface area contributed by atoms with Gasteiger partial charge in [0.1, 0.15) is 5.75 Å². The summed E-state index contributed by atoms with van der Waals surface area (Å²) in [6.07, 6.45) is 1.84. The number of hydrazine groups is 1. The second-order valence-corrected chi connectivity index (χ2v) is 7.15. The molecule has 7 nitrogen and oxygen atoms in total. The Labute approximate surface area is 152 Å². The van der Waals surface area contributed by atoms with Gasteiger partial charge in [0.2, 0.25) is 0 Å². The average molecular weight is 373 g/mol. The summed E-state index contributed by atoms with van der Waals surface area (Å²) in [6.45, 7) is 1.67. The van der Waals surface area contributed by atoms with Crippen molar-refractivity contribution in [3.05, 3.63) is 59.7 Å². The van der Waals surface area contributed by atoms with Crippen LogP contribution in [-0.4, -0.2) is 20.9 Å². The summed E-state index contributed by atoms with van der Waals surface area (Å²) >= 11 is 0. The summed E-state index contributed by atoms with van der Waals surface area (Å²) in [6, 6.07) is 14.7. The van der Waals surface area contributed by atoms with Crippen LogP contribution in [0.15, 0.2) is 53.4 Å². The maximum Gasteiger partial charge on any atom is 0.272 e. The van der Waals surface area contributed by atoms with E-state index >= 15 is 0 Å². The first-order chi connectivity index (χ1) is 12.4. The van der Waals surface area contributed by atoms with Crippen LogP contribution in [0.3, 0.4) is 0 Å². The molecule has 0 aliphatic rings. The number of carbonyl (C=O) groups excluding carboxylic acids is 1. The SMILES string of the molecule is CCCc1ccc(S(=O)(=O)NNC(=O)COc2ccc(C#N)cc2)cc1. The highest BCUT2D eigenvalue weighted by Crippen LogP contribution is 2.12. The molecule has 136 valence electrons. The second-order valence-electron chi connectivity index (χ2n) is 5.47. The molecule has 2 aromatic carbocycles. The van der Waals surface area contributed by atoms with Crippen molar-refractivity contribution in [1.82, 2.24) is 10.3 Å². The Bertz CT molecular complexity index is 886. The summed E-state index contributed by atoms with van der Waals surface area (Å²) in [5.41, 5.74) is 3.62. The predicted octanol–water partition coefficient (Wildman–Crippen LogP) is 1.90. The minimum Gasteiger partial charge on any atom is -0.484 e. The molecule has 0 fully saturated rings. The zero-order chi connectivity index (χ0) is 19.0. The molecule has 0 aromatic heterocycles. The molecular weight excluding hydrogens is 354 g/mol. The minimum atomic E-state index is -3.85. The number of nitrogens with one attached hydrogen (secondary N) is 2. The van der Waals surface area contributed by atoms with E-state index < -0.39 is 15.9 Å². The van der Waals surface area contributed by atoms with Gasteiger partial charge in [0.25, 0.3) is 15.9 Å². The normalized spacial score (nSPS) is 10.8. The van der Waals surface area contributed by atoms with Gasteiger partial charge in [-0.3, -0.25) is 10.2 Å². The Morgan fingerprint density at radius 1 is 1.12 bits per heavy atom. The Hall–Kier alpha value is -2.89. The van der Waals surface area contributed by atoms with E-state index in [9.17, 15) is 13.2 Å². The van der Waals surface area contributed by atoms with Crippen molar-refractivity contribution in [3.63, 3.8) is 0 Å². The smallest absolute Gasteiger partial charge is 0.272 e. The van der Waals surface area contributed by atoms with Gasteiger partial charge in [-0.1, -0.05) is 25.5 Å². The van der Waals surface area contributed by atoms with E-state index in [0.717, 1.165) is 18.4 Å². The van der Waals surface area contributed by atoms with E-state index in [0.29, 0.717) is 11.3 Å². The van der Waals surface area contributed by atoms with E-state index in [1.165, 1.54) is 12.1 Å². The number of rotatable bonds is 8. The topological polar surface area (TPSA) is 108 Å². The maximum absolute atomic E-state index is 12.2. The van der Waals surface area contributed by atoms with Gasteiger partial charge in [-0.15, -0.1) is 4.83 Å². The number of nitrogens with zero attached hydrogens (tertiary/aromatic N) is 1. The first kappa shape index (κ1) is 19.4. The monoisotopic (exact) mass is 373 g/mol. The third kappa shape index (κ3) is 5.58. The lowest BCUT2D eigenvalue weighted by Crippen LogP contribution is -2.43. The van der Waals surface area contributed by atoms with Gasteiger partial charge in [0.15, 0.2) is 6.61 Å². The van der Waals surface area contributed by atoms with Crippen molar-refractivity contribution in [2.45, 2.75) is 24.7 Å². The number of hydrogen-bond acceptors (Lipinski definition) is 5. The summed E-state index contributed by atoms with van der Waals surface area (Å²) in [5.74, 6) is -0.256. The van der Waals surface area contributed by atoms with E-state index in [-0.39, 0.29) is 11.5 Å². The van der Waals surface area contributed by atoms with Gasteiger partial charge in [0, 0.05) is 0 Å². The summed E-state index contributed by atoms with van der Waals surface area (Å²) in [4.78, 5) is 13.8. The van der Waals surface area contributed by atoms with Crippen LogP contribution < -0.4 is 15.0 Å². The molecule has 2 rings (SSSR count). The Morgan fingerprint density at radius 2 is 1.77 bits per heavy atom. The van der Waals surface area contributed by atoms with Crippen LogP contribution in [0.5, 0.6) is 5.75 Å². The van der Waals surface area contributed by atoms with Gasteiger partial charge >= 0.3 is 0 Å². The number of carbonyl (C=O) groups is 1. The fourth-order valence-electron chi connectivity index (χ4n) is 2.12. The van der Waals surface area contributed by atoms with Gasteiger partial charge < -0.3 is 4.74 Å². The molecule has 0 atom stereocenters. The quantitative estimate of drug-likeness (QED) is 0.687. The Balaban J connectivity index is 1.85. The van der Waals surface area contributed by atoms with Crippen molar-refractivity contribution in [2.24, 2.45) is 0 Å². The summed E-state index contributed by atoms with van der Waals surface area (Å²) in [7, 11) is -3.85. The van der Waals surface area contributed by atoms with Crippen molar-refractivity contribution in [3.8, 4) is 11.8 Å². The van der Waals surface area contributed by atoms with Crippen molar-refractivity contribution in [2.75, 3.05) is 6.61 Å². The number of sulfonamides is 1. The number of aryl methyl sites for hydroxylation is 1. The third-order valence-electron chi connectivity index (χ3n) is 3.45. The van der Waals surface area contributed by atoms with E-state index in [4.69, 9.17) is 10.00 Å². The van der Waals surface area contributed by atoms with Crippen LogP contribution in [0.25, 0.3) is 0 Å². The molecule has 0 saturated carbocycles. The summed E-state index contributed by atoms with van der Waals surface area (Å²) in [5, 5.41) is 8.71. The molecule has 1 amide bonds. The molecule has 0 spiro atoms. The molecule has 0 unspecified atom stereocenters. The molecule has 2 N–H and O–H groups in total. The lowest BCUT2D eigenvalue weighted by Gasteiger charge is -2.10. The van der Waals surface area contributed by atoms with E-state index in [1.54, 1.807) is 36.4 Å². The van der Waals surface area contributed by atoms with Crippen LogP contribution in [0.4, 0.5) is 0 Å². The maximum atomic E-state index is 12.2. The molecule has 0 aliphatic heterocycles. The Kier molecular flexibility index (Phi) is 6.72. The number of amides is 1. The lowest BCUT2D eigenvalue weighted by atomic mass is 10.1. The first-order valence-corrected chi connectivity index (χ1v) is 9.45. The molecule has 26 heavy (non-hydrogen) atoms. The molecule has 0 aliphatic carbocycles. The highest BCUT2D eigenvalue weighted by atomic mass is 32.2. The van der Waals surface area contributed by atoms with Crippen molar-refractivity contribution in [1.29, 1.82) is 5.26 Å². The number of ether oxygens (including phenoxy) is 1. The molecule has 8 heteroatoms. The lowest BCUT2D eigenvalue weighted by molar-refractivity contribution is -0.123. The largest absolute Gasteiger partial charge is 0.484 e. The third-order valence-corrected chi connectivity index (χ3v) is 4.71. The van der Waals surface area contributed by atoms with Crippen LogP contribution >= 0.6 is 0 Å². The molecule has 0 saturated heterocycles. The molecule has 0 bridgehead atoms. The van der Waals surface area contributed by atoms with Gasteiger partial charge in [-0.25, -0.2) is 8.42 Å². The highest BCUT2D eigenvalue weighted by Gasteiger charge is 2.15. The van der Waals surface area contributed by atoms with Crippen molar-refractivity contribution >= 4 is 15.9 Å². The van der Waals surface area contributed by atoms with Crippen LogP contribution in [-0.2, 0) is 21.2 Å². The Morgan fingerprint density at radius 3 is 2.35 bits per heavy atom. The number of benzene rings is 2. The van der Waals surface area contributed by atoms with E-state index in [1.807, 2.05) is 17.8 Å². The molecule has 0 radical (unpaired) electrons. The zero-order valence-corrected chi connectivity index (χ0v) is 15.0. The predicted molar refractivity (Wildman–Crippen MR) is 95.6 cm³/mol. The fourth-order valence-corrected chi connectivity index (χ4v) is 2.98. The van der Waals surface area contributed by atoms with Gasteiger partial charge in [-0.05, 0) is 48.4 Å². The van der Waals surface area contributed by atoms with Crippen LogP contribution in [0.2, 0.25) is 0 Å². The highest BCUT2D eigenvalue weighted by molar-refractivity contribution is 7.89. The number of nitriles is 1. The first-order valence-electron chi connectivity index (χ1n) is 7.97. The molecule has 2 aromatic rings. The van der Waals surface area contributed by atoms with Crippen LogP contribution in [0, 0.1) is 11.3 Å². The second kappa shape index (κ2) is 8.99. The molecular formula is C18H19N3O4S. The van der Waals surface area contributed by atoms with Gasteiger partial charge in [-0.2, -0.15) is 5.26 Å². The average Bonchev–Trinajstić information content (AvgIpc) is 2.66. The van der Waals surface area contributed by atoms with Crippen molar-refractivity contribution < 1.29 is 17.9 Å². The summed E-state index contributed by atoms with van der Waals surface area (Å²) < 4.78 is 29.5. The van der Waals surface area contributed by atoms with Gasteiger partial charge in [0.05, 0.1) is 16.5 Å². The minimum absolute atomic E-state index is 0.0608. The fraction of sp³-hybridized carbons (Fsp3) is 0.222. The zero-order valence-electron chi connectivity index (χ0n) is 14.2.